The summed E-state index contributed by atoms with van der Waals surface area (Å²) >= 11 is 0. The van der Waals surface area contributed by atoms with Crippen molar-refractivity contribution in [2.75, 3.05) is 47.5 Å². The van der Waals surface area contributed by atoms with E-state index in [1.54, 1.807) is 0 Å². The van der Waals surface area contributed by atoms with Gasteiger partial charge in [0.2, 0.25) is 0 Å². The standard InChI is InChI=1S/C78H131NO8/c1-6-8-10-12-14-16-18-20-22-24-26-28-30-32-33-34-35-36-37-38-39-40-41-42-43-45-46-48-50-52-54-56-58-60-62-64-66-68-75(80)85-72-74(73-86-78(77(82)83)84-71-70-79(3,4)5)87-76(81)69-67-65-63-61-59-57-55-53-51-49-47-44-31-29-27-25-23-21-19-17-15-13-11-9-7-2/h8-11,14-17,20-23,26-29,44,47,51,53,57,59,74,78H,6-7,12-13,18-19,24-25,30-43,45-46,48-50,52,54-56,58,60-73H2,1-5H3/p+1/b10-8-,11-9-,16-14-,17-15-,22-20-,23-21-,28-26-,29-27-,47-44-,53-51-,59-57-. The van der Waals surface area contributed by atoms with Crippen molar-refractivity contribution in [3.63, 3.8) is 0 Å². The number of carbonyl (C=O) groups is 3. The van der Waals surface area contributed by atoms with Gasteiger partial charge in [0.05, 0.1) is 34.4 Å². The molecule has 0 aromatic rings. The van der Waals surface area contributed by atoms with E-state index in [-0.39, 0.29) is 32.2 Å². The Bertz CT molecular complexity index is 1890. The third-order valence-electron chi connectivity index (χ3n) is 14.9. The molecule has 0 aliphatic carbocycles. The number of carboxylic acids is 1. The Morgan fingerprint density at radius 1 is 0.345 bits per heavy atom. The fourth-order valence-electron chi connectivity index (χ4n) is 9.58. The van der Waals surface area contributed by atoms with E-state index < -0.39 is 24.3 Å². The molecule has 0 aromatic heterocycles. The molecule has 0 aromatic carbocycles. The van der Waals surface area contributed by atoms with E-state index in [0.717, 1.165) is 109 Å². The molecule has 0 bridgehead atoms. The van der Waals surface area contributed by atoms with E-state index in [9.17, 15) is 19.5 Å². The van der Waals surface area contributed by atoms with Gasteiger partial charge in [-0.15, -0.1) is 0 Å². The highest BCUT2D eigenvalue weighted by molar-refractivity contribution is 5.71. The number of hydrogen-bond donors (Lipinski definition) is 1. The van der Waals surface area contributed by atoms with Crippen LogP contribution in [0.5, 0.6) is 0 Å². The SMILES string of the molecule is CC/C=C\C/C=C\C/C=C\C/C=C\C/C=C\C/C=C\C/C=C\CCCCCC(=O)OC(COC(=O)CCCCCCCCCCCCCCCCCCCCCCCCCC/C=C\C/C=C\C/C=C\C/C=C\CC)COC(OCC[N+](C)(C)C)C(=O)O. The van der Waals surface area contributed by atoms with Crippen molar-refractivity contribution in [3.05, 3.63) is 134 Å². The van der Waals surface area contributed by atoms with E-state index in [0.29, 0.717) is 23.9 Å². The molecule has 2 unspecified atom stereocenters. The molecule has 0 spiro atoms. The number of carboxylic acid groups (broad SMARTS) is 1. The maximum Gasteiger partial charge on any atom is 0.361 e. The molecule has 0 aliphatic heterocycles. The number of unbranched alkanes of at least 4 members (excludes halogenated alkanes) is 27. The largest absolute Gasteiger partial charge is 0.477 e. The smallest absolute Gasteiger partial charge is 0.361 e. The number of ether oxygens (including phenoxy) is 4. The molecule has 0 saturated heterocycles. The summed E-state index contributed by atoms with van der Waals surface area (Å²) in [6, 6.07) is 0. The van der Waals surface area contributed by atoms with Gasteiger partial charge in [-0.05, 0) is 109 Å². The molecular weight excluding hydrogens is 1080 g/mol. The lowest BCUT2D eigenvalue weighted by Gasteiger charge is -2.25. The van der Waals surface area contributed by atoms with Crippen LogP contribution in [0, 0.1) is 0 Å². The quantitative estimate of drug-likeness (QED) is 0.0211. The number of carbonyl (C=O) groups excluding carboxylic acids is 2. The van der Waals surface area contributed by atoms with Crippen molar-refractivity contribution >= 4 is 17.9 Å². The summed E-state index contributed by atoms with van der Waals surface area (Å²) in [7, 11) is 5.96. The van der Waals surface area contributed by atoms with Crippen molar-refractivity contribution < 1.29 is 42.9 Å². The van der Waals surface area contributed by atoms with Crippen LogP contribution >= 0.6 is 0 Å². The van der Waals surface area contributed by atoms with E-state index in [1.807, 2.05) is 21.1 Å². The van der Waals surface area contributed by atoms with Crippen LogP contribution in [-0.4, -0.2) is 87.4 Å². The number of esters is 2. The van der Waals surface area contributed by atoms with Gasteiger partial charge in [-0.2, -0.15) is 0 Å². The van der Waals surface area contributed by atoms with Gasteiger partial charge < -0.3 is 28.5 Å². The maximum atomic E-state index is 12.9. The minimum absolute atomic E-state index is 0.176. The van der Waals surface area contributed by atoms with Crippen molar-refractivity contribution in [3.8, 4) is 0 Å². The summed E-state index contributed by atoms with van der Waals surface area (Å²) in [5.74, 6) is -2.05. The fraction of sp³-hybridized carbons (Fsp3) is 0.679. The van der Waals surface area contributed by atoms with E-state index >= 15 is 0 Å². The summed E-state index contributed by atoms with van der Waals surface area (Å²) in [5, 5.41) is 9.74. The molecule has 9 nitrogen and oxygen atoms in total. The first-order valence-electron chi connectivity index (χ1n) is 35.3. The topological polar surface area (TPSA) is 108 Å². The van der Waals surface area contributed by atoms with E-state index in [2.05, 4.69) is 148 Å². The molecule has 2 atom stereocenters. The van der Waals surface area contributed by atoms with Crippen molar-refractivity contribution in [2.24, 2.45) is 0 Å². The number of likely N-dealkylation sites (N-methyl/N-ethyl adjacent to an activating group) is 1. The molecule has 0 fully saturated rings. The molecule has 0 radical (unpaired) electrons. The van der Waals surface area contributed by atoms with Gasteiger partial charge in [-0.1, -0.05) is 295 Å². The Kier molecular flexibility index (Phi) is 63.8. The van der Waals surface area contributed by atoms with Crippen LogP contribution in [0.2, 0.25) is 0 Å². The van der Waals surface area contributed by atoms with Crippen molar-refractivity contribution in [1.29, 1.82) is 0 Å². The van der Waals surface area contributed by atoms with Crippen molar-refractivity contribution in [2.45, 2.75) is 296 Å². The Morgan fingerprint density at radius 2 is 0.621 bits per heavy atom. The number of aliphatic carboxylic acids is 1. The average Bonchev–Trinajstić information content (AvgIpc) is 3.59. The van der Waals surface area contributed by atoms with Crippen LogP contribution < -0.4 is 0 Å². The second kappa shape index (κ2) is 67.4. The zero-order valence-electron chi connectivity index (χ0n) is 56.6. The van der Waals surface area contributed by atoms with E-state index in [4.69, 9.17) is 18.9 Å². The molecule has 0 aliphatic rings. The van der Waals surface area contributed by atoms with Crippen LogP contribution in [0.25, 0.3) is 0 Å². The molecule has 1 N–H and O–H groups in total. The first kappa shape index (κ1) is 82.4. The predicted molar refractivity (Wildman–Crippen MR) is 373 cm³/mol. The van der Waals surface area contributed by atoms with Gasteiger partial charge in [0, 0.05) is 12.8 Å². The first-order valence-corrected chi connectivity index (χ1v) is 35.3. The van der Waals surface area contributed by atoms with E-state index in [1.165, 1.54) is 141 Å². The van der Waals surface area contributed by atoms with Gasteiger partial charge in [-0.25, -0.2) is 4.79 Å². The van der Waals surface area contributed by atoms with Crippen LogP contribution in [-0.2, 0) is 33.3 Å². The predicted octanol–water partition coefficient (Wildman–Crippen LogP) is 22.1. The first-order chi connectivity index (χ1) is 42.6. The monoisotopic (exact) mass is 1210 g/mol. The minimum Gasteiger partial charge on any atom is -0.477 e. The molecule has 0 heterocycles. The highest BCUT2D eigenvalue weighted by Crippen LogP contribution is 2.17. The second-order valence-corrected chi connectivity index (χ2v) is 24.4. The number of allylic oxidation sites excluding steroid dienone is 22. The van der Waals surface area contributed by atoms with Crippen LogP contribution in [0.1, 0.15) is 284 Å². The molecular formula is C78H132NO8+. The van der Waals surface area contributed by atoms with Crippen LogP contribution in [0.15, 0.2) is 134 Å². The Labute approximate surface area is 535 Å². The average molecular weight is 1210 g/mol. The highest BCUT2D eigenvalue weighted by atomic mass is 16.7. The second-order valence-electron chi connectivity index (χ2n) is 24.4. The Hall–Kier alpha value is -4.57. The zero-order valence-corrected chi connectivity index (χ0v) is 56.6. The molecule has 496 valence electrons. The van der Waals surface area contributed by atoms with Crippen LogP contribution in [0.3, 0.4) is 0 Å². The highest BCUT2D eigenvalue weighted by Gasteiger charge is 2.25. The summed E-state index contributed by atoms with van der Waals surface area (Å²) < 4.78 is 22.9. The summed E-state index contributed by atoms with van der Waals surface area (Å²) in [5.41, 5.74) is 0. The van der Waals surface area contributed by atoms with Gasteiger partial charge >= 0.3 is 17.9 Å². The summed E-state index contributed by atoms with van der Waals surface area (Å²) in [6.07, 6.45) is 94.4. The summed E-state index contributed by atoms with van der Waals surface area (Å²) in [4.78, 5) is 37.6. The van der Waals surface area contributed by atoms with Gasteiger partial charge in [0.15, 0.2) is 6.10 Å². The Morgan fingerprint density at radius 3 is 0.931 bits per heavy atom. The zero-order chi connectivity index (χ0) is 63.3. The van der Waals surface area contributed by atoms with Gasteiger partial charge in [-0.3, -0.25) is 9.59 Å². The van der Waals surface area contributed by atoms with Crippen LogP contribution in [0.4, 0.5) is 0 Å². The normalized spacial score (nSPS) is 13.5. The van der Waals surface area contributed by atoms with Crippen molar-refractivity contribution in [1.82, 2.24) is 0 Å². The number of hydrogen-bond acceptors (Lipinski definition) is 7. The maximum absolute atomic E-state index is 12.9. The number of quaternary nitrogens is 1. The third kappa shape index (κ3) is 68.8. The summed E-state index contributed by atoms with van der Waals surface area (Å²) in [6.45, 7) is 4.62. The Balaban J connectivity index is 4.10. The number of rotatable bonds is 64. The molecule has 9 heteroatoms. The molecule has 0 amide bonds. The lowest BCUT2D eigenvalue weighted by atomic mass is 10.0. The number of nitrogens with zero attached hydrogens (tertiary/aromatic N) is 1. The molecule has 87 heavy (non-hydrogen) atoms. The third-order valence-corrected chi connectivity index (χ3v) is 14.9. The lowest BCUT2D eigenvalue weighted by molar-refractivity contribution is -0.870. The lowest BCUT2D eigenvalue weighted by Crippen LogP contribution is -2.40. The molecule has 0 rings (SSSR count). The fourth-order valence-corrected chi connectivity index (χ4v) is 9.58. The minimum atomic E-state index is -1.53. The van der Waals surface area contributed by atoms with Gasteiger partial charge in [0.25, 0.3) is 6.29 Å². The van der Waals surface area contributed by atoms with Gasteiger partial charge in [0.1, 0.15) is 13.2 Å². The molecule has 0 saturated carbocycles.